The van der Waals surface area contributed by atoms with E-state index < -0.39 is 5.97 Å². The van der Waals surface area contributed by atoms with Crippen LogP contribution in [0.4, 0.5) is 0 Å². The van der Waals surface area contributed by atoms with E-state index in [1.54, 1.807) is 0 Å². The van der Waals surface area contributed by atoms with E-state index in [1.807, 2.05) is 6.92 Å². The molecule has 0 unspecified atom stereocenters. The van der Waals surface area contributed by atoms with Crippen LogP contribution in [0.3, 0.4) is 0 Å². The van der Waals surface area contributed by atoms with Crippen molar-refractivity contribution in [2.75, 3.05) is 0 Å². The zero-order valence-electron chi connectivity index (χ0n) is 5.89. The molecule has 0 amide bonds. The van der Waals surface area contributed by atoms with Crippen molar-refractivity contribution in [3.05, 3.63) is 12.2 Å². The van der Waals surface area contributed by atoms with Gasteiger partial charge in [0, 0.05) is 0 Å². The molecule has 0 atom stereocenters. The van der Waals surface area contributed by atoms with Crippen LogP contribution in [0, 0.1) is 11.5 Å². The molecule has 10 heavy (non-hydrogen) atoms. The van der Waals surface area contributed by atoms with Crippen LogP contribution in [0.25, 0.3) is 0 Å². The highest BCUT2D eigenvalue weighted by atomic mass is 16.5. The molecule has 0 aromatic rings. The maximum atomic E-state index is 10.5. The maximum Gasteiger partial charge on any atom is 0.321 e. The summed E-state index contributed by atoms with van der Waals surface area (Å²) in [5.41, 5.74) is 0.912. The second kappa shape index (κ2) is 4.57. The predicted octanol–water partition coefficient (Wildman–Crippen LogP) is 1.37. The minimum atomic E-state index is -0.495. The molecule has 0 spiro atoms. The average molecular weight is 139 g/mol. The first-order valence-corrected chi connectivity index (χ1v) is 2.90. The van der Waals surface area contributed by atoms with Crippen molar-refractivity contribution < 1.29 is 9.53 Å². The summed E-state index contributed by atoms with van der Waals surface area (Å²) in [6.45, 7) is 5.42. The first-order valence-electron chi connectivity index (χ1n) is 2.90. The number of nitriles is 1. The van der Waals surface area contributed by atoms with E-state index in [-0.39, 0.29) is 6.42 Å². The smallest absolute Gasteiger partial charge is 0.321 e. The van der Waals surface area contributed by atoms with Crippen molar-refractivity contribution in [1.29, 1.82) is 5.26 Å². The number of hydrogen-bond acceptors (Lipinski definition) is 3. The fourth-order valence-corrected chi connectivity index (χ4v) is 0.417. The maximum absolute atomic E-state index is 10.5. The first kappa shape index (κ1) is 8.70. The fourth-order valence-electron chi connectivity index (χ4n) is 0.417. The van der Waals surface area contributed by atoms with Gasteiger partial charge in [0.05, 0.1) is 6.42 Å². The van der Waals surface area contributed by atoms with Gasteiger partial charge in [-0.15, -0.1) is 11.8 Å². The monoisotopic (exact) mass is 139 g/mol. The van der Waals surface area contributed by atoms with Gasteiger partial charge in [0.25, 0.3) is 6.26 Å². The quantitative estimate of drug-likeness (QED) is 0.337. The second-order valence-corrected chi connectivity index (χ2v) is 2.02. The molecule has 3 heteroatoms. The van der Waals surface area contributed by atoms with Crippen molar-refractivity contribution in [2.24, 2.45) is 0 Å². The van der Waals surface area contributed by atoms with E-state index >= 15 is 0 Å². The Kier molecular flexibility index (Phi) is 3.97. The first-order chi connectivity index (χ1) is 4.66. The van der Waals surface area contributed by atoms with Crippen LogP contribution < -0.4 is 0 Å². The summed E-state index contributed by atoms with van der Waals surface area (Å²) in [4.78, 5) is 10.5. The van der Waals surface area contributed by atoms with E-state index in [0.717, 1.165) is 5.57 Å². The fraction of sp³-hybridized carbons (Fsp3) is 0.429. The predicted molar refractivity (Wildman–Crippen MR) is 35.8 cm³/mol. The Labute approximate surface area is 59.9 Å². The van der Waals surface area contributed by atoms with E-state index in [9.17, 15) is 4.79 Å². The lowest BCUT2D eigenvalue weighted by atomic mass is 10.2. The molecule has 0 rings (SSSR count). The van der Waals surface area contributed by atoms with Crippen LogP contribution in [0.5, 0.6) is 0 Å². The van der Waals surface area contributed by atoms with Gasteiger partial charge in [0.15, 0.2) is 0 Å². The van der Waals surface area contributed by atoms with E-state index in [2.05, 4.69) is 11.3 Å². The van der Waals surface area contributed by atoms with Crippen LogP contribution in [-0.4, -0.2) is 5.97 Å². The number of nitrogens with zero attached hydrogens (tertiary/aromatic N) is 1. The molecule has 0 radical (unpaired) electrons. The highest BCUT2D eigenvalue weighted by Crippen LogP contribution is 2.00. The second-order valence-electron chi connectivity index (χ2n) is 2.02. The Hall–Kier alpha value is -1.30. The molecule has 0 bridgehead atoms. The molecule has 0 aliphatic rings. The number of carbonyl (C=O) groups is 1. The SMILES string of the molecule is C=C(C)CCC(=O)OC#N. The van der Waals surface area contributed by atoms with Gasteiger partial charge < -0.3 is 4.74 Å². The van der Waals surface area contributed by atoms with Crippen LogP contribution >= 0.6 is 0 Å². The molecule has 0 aliphatic carbocycles. The Morgan fingerprint density at radius 3 is 2.70 bits per heavy atom. The van der Waals surface area contributed by atoms with Crippen molar-refractivity contribution in [2.45, 2.75) is 19.8 Å². The Morgan fingerprint density at radius 1 is 1.70 bits per heavy atom. The van der Waals surface area contributed by atoms with Gasteiger partial charge in [0.1, 0.15) is 0 Å². The highest BCUT2D eigenvalue weighted by Gasteiger charge is 2.00. The molecule has 0 saturated carbocycles. The Balaban J connectivity index is 3.42. The van der Waals surface area contributed by atoms with Crippen LogP contribution in [0.2, 0.25) is 0 Å². The highest BCUT2D eigenvalue weighted by molar-refractivity contribution is 5.70. The molecule has 3 nitrogen and oxygen atoms in total. The molecule has 0 N–H and O–H groups in total. The summed E-state index contributed by atoms with van der Waals surface area (Å²) in [5.74, 6) is -0.495. The average Bonchev–Trinajstić information content (AvgIpc) is 1.85. The molecule has 0 aliphatic heterocycles. The summed E-state index contributed by atoms with van der Waals surface area (Å²) < 4.78 is 4.02. The van der Waals surface area contributed by atoms with Crippen LogP contribution in [0.15, 0.2) is 12.2 Å². The lowest BCUT2D eigenvalue weighted by Crippen LogP contribution is -1.98. The van der Waals surface area contributed by atoms with Gasteiger partial charge in [-0.1, -0.05) is 5.57 Å². The van der Waals surface area contributed by atoms with Crippen molar-refractivity contribution >= 4 is 5.97 Å². The third-order valence-electron chi connectivity index (χ3n) is 0.915. The number of carbonyl (C=O) groups excluding carboxylic acids is 1. The van der Waals surface area contributed by atoms with E-state index in [1.165, 1.54) is 6.26 Å². The van der Waals surface area contributed by atoms with Crippen molar-refractivity contribution in [3.8, 4) is 6.26 Å². The topological polar surface area (TPSA) is 50.1 Å². The Bertz CT molecular complexity index is 179. The summed E-state index contributed by atoms with van der Waals surface area (Å²) >= 11 is 0. The molecular weight excluding hydrogens is 130 g/mol. The van der Waals surface area contributed by atoms with Crippen LogP contribution in [-0.2, 0) is 9.53 Å². The number of ether oxygens (including phenoxy) is 1. The minimum absolute atomic E-state index is 0.239. The standard InChI is InChI=1S/C7H9NO2/c1-6(2)3-4-7(9)10-5-8/h1,3-4H2,2H3. The van der Waals surface area contributed by atoms with Crippen molar-refractivity contribution in [1.82, 2.24) is 0 Å². The number of allylic oxidation sites excluding steroid dienone is 1. The molecule has 0 saturated heterocycles. The number of hydrogen-bond donors (Lipinski definition) is 0. The molecule has 54 valence electrons. The van der Waals surface area contributed by atoms with Gasteiger partial charge in [-0.2, -0.15) is 0 Å². The summed E-state index contributed by atoms with van der Waals surface area (Å²) in [7, 11) is 0. The van der Waals surface area contributed by atoms with Crippen molar-refractivity contribution in [3.63, 3.8) is 0 Å². The van der Waals surface area contributed by atoms with Gasteiger partial charge in [-0.25, -0.2) is 0 Å². The minimum Gasteiger partial charge on any atom is -0.351 e. The van der Waals surface area contributed by atoms with Gasteiger partial charge in [-0.05, 0) is 13.3 Å². The zero-order valence-corrected chi connectivity index (χ0v) is 5.89. The molecule has 0 heterocycles. The molecule has 0 fully saturated rings. The van der Waals surface area contributed by atoms with Gasteiger partial charge >= 0.3 is 5.97 Å². The number of rotatable bonds is 3. The van der Waals surface area contributed by atoms with Gasteiger partial charge in [-0.3, -0.25) is 4.79 Å². The summed E-state index contributed by atoms with van der Waals surface area (Å²) in [6, 6.07) is 0. The third kappa shape index (κ3) is 4.85. The Morgan fingerprint density at radius 2 is 2.30 bits per heavy atom. The van der Waals surface area contributed by atoms with E-state index in [0.29, 0.717) is 6.42 Å². The largest absolute Gasteiger partial charge is 0.351 e. The summed E-state index contributed by atoms with van der Waals surface area (Å²) in [5, 5.41) is 7.89. The molecular formula is C7H9NO2. The zero-order chi connectivity index (χ0) is 7.98. The molecule has 0 aromatic heterocycles. The normalized spacial score (nSPS) is 8.00. The van der Waals surface area contributed by atoms with Gasteiger partial charge in [0.2, 0.25) is 0 Å². The third-order valence-corrected chi connectivity index (χ3v) is 0.915. The lowest BCUT2D eigenvalue weighted by molar-refractivity contribution is -0.136. The van der Waals surface area contributed by atoms with E-state index in [4.69, 9.17) is 5.26 Å². The molecule has 0 aromatic carbocycles. The summed E-state index contributed by atoms with van der Waals surface area (Å²) in [6.07, 6.45) is 2.13. The number of esters is 1. The lowest BCUT2D eigenvalue weighted by Gasteiger charge is -1.94. The van der Waals surface area contributed by atoms with Crippen LogP contribution in [0.1, 0.15) is 19.8 Å².